The van der Waals surface area contributed by atoms with Crippen LogP contribution in [0.5, 0.6) is 0 Å². The highest BCUT2D eigenvalue weighted by Crippen LogP contribution is 2.46. The van der Waals surface area contributed by atoms with Gasteiger partial charge in [-0.2, -0.15) is 0 Å². The average molecular weight is 599 g/mol. The van der Waals surface area contributed by atoms with Crippen LogP contribution < -0.4 is 0 Å². The van der Waals surface area contributed by atoms with Crippen LogP contribution >= 0.6 is 0 Å². The molecule has 1 fully saturated rings. The van der Waals surface area contributed by atoms with Crippen LogP contribution in [0.25, 0.3) is 0 Å². The molecular formula is C33H42O10. The first-order valence-electron chi connectivity index (χ1n) is 14.4. The second-order valence-electron chi connectivity index (χ2n) is 12.2. The van der Waals surface area contributed by atoms with Crippen molar-refractivity contribution in [2.45, 2.75) is 91.8 Å². The second-order valence-corrected chi connectivity index (χ2v) is 12.2. The molecule has 0 aliphatic heterocycles. The summed E-state index contributed by atoms with van der Waals surface area (Å²) in [4.78, 5) is 64.1. The molecule has 0 radical (unpaired) electrons. The van der Waals surface area contributed by atoms with Crippen molar-refractivity contribution in [1.82, 2.24) is 0 Å². The van der Waals surface area contributed by atoms with Gasteiger partial charge in [0.05, 0.1) is 11.5 Å². The third-order valence-electron chi connectivity index (χ3n) is 8.12. The number of benzene rings is 1. The van der Waals surface area contributed by atoms with Crippen molar-refractivity contribution in [2.24, 2.45) is 23.2 Å². The predicted octanol–water partition coefficient (Wildman–Crippen LogP) is 4.14. The van der Waals surface area contributed by atoms with Crippen molar-refractivity contribution < 1.29 is 48.0 Å². The Labute approximate surface area is 252 Å². The molecule has 0 amide bonds. The van der Waals surface area contributed by atoms with E-state index in [1.807, 2.05) is 0 Å². The number of Topliss-reactive ketones (excluding diaryl/α,β-unsaturated/α-hetero) is 1. The number of carbonyl (C=O) groups is 5. The number of allylic oxidation sites excluding steroid dienone is 1. The van der Waals surface area contributed by atoms with E-state index in [1.54, 1.807) is 83.2 Å². The highest BCUT2D eigenvalue weighted by Gasteiger charge is 2.57. The molecule has 2 aliphatic rings. The third-order valence-corrected chi connectivity index (χ3v) is 8.12. The number of esters is 4. The van der Waals surface area contributed by atoms with E-state index >= 15 is 0 Å². The number of aliphatic hydroxyl groups is 1. The molecule has 43 heavy (non-hydrogen) atoms. The largest absolute Gasteiger partial charge is 0.458 e. The average Bonchev–Trinajstić information content (AvgIpc) is 3.16. The van der Waals surface area contributed by atoms with Gasteiger partial charge in [0.2, 0.25) is 0 Å². The molecule has 1 aromatic rings. The Morgan fingerprint density at radius 1 is 0.860 bits per heavy atom. The van der Waals surface area contributed by atoms with Crippen LogP contribution in [0.3, 0.4) is 0 Å². The summed E-state index contributed by atoms with van der Waals surface area (Å²) >= 11 is 0. The standard InChI is InChI=1S/C33H42O10/c1-18-14-15-32(7,8)30(42-23(6)36)28(41-22(5)35)27(40-21(4)34)19(2)16-25-26(20(3)17-33(25,39)29(18)37)43-31(38)24-12-10-9-11-13-24/h9-16,18,20,25-28,30,39H,17H2,1-8H3/b15-14+,19-16-/t18-,20+,25-,26-,27-,28-,30+,33+/m0/s1. The second kappa shape index (κ2) is 13.2. The molecule has 0 heterocycles. The zero-order valence-corrected chi connectivity index (χ0v) is 26.0. The number of ketones is 1. The number of ether oxygens (including phenoxy) is 4. The van der Waals surface area contributed by atoms with Crippen LogP contribution in [0.15, 0.2) is 54.1 Å². The van der Waals surface area contributed by atoms with Gasteiger partial charge in [-0.05, 0) is 37.0 Å². The molecule has 1 aromatic carbocycles. The zero-order valence-electron chi connectivity index (χ0n) is 26.0. The van der Waals surface area contributed by atoms with Crippen molar-refractivity contribution in [2.75, 3.05) is 0 Å². The molecule has 8 atom stereocenters. The van der Waals surface area contributed by atoms with Gasteiger partial charge in [-0.15, -0.1) is 0 Å². The fourth-order valence-corrected chi connectivity index (χ4v) is 6.06. The number of rotatable bonds is 5. The van der Waals surface area contributed by atoms with E-state index < -0.39 is 82.8 Å². The molecule has 0 unspecified atom stereocenters. The van der Waals surface area contributed by atoms with Crippen molar-refractivity contribution >= 4 is 29.7 Å². The SMILES string of the molecule is CC(=O)O[C@@H]1[C@@H](OC(C)=O)C(C)(C)/C=C/[C@H](C)C(=O)[C@@]2(O)C[C@@H](C)[C@H](OC(=O)c3ccccc3)[C@@H]2/C=C(/C)[C@@H]1OC(C)=O. The van der Waals surface area contributed by atoms with Crippen molar-refractivity contribution in [3.05, 3.63) is 59.7 Å². The molecule has 3 rings (SSSR count). The lowest BCUT2D eigenvalue weighted by molar-refractivity contribution is -0.187. The van der Waals surface area contributed by atoms with E-state index in [9.17, 15) is 29.1 Å². The topological polar surface area (TPSA) is 143 Å². The number of fused-ring (bicyclic) bond motifs is 1. The lowest BCUT2D eigenvalue weighted by Crippen LogP contribution is -2.52. The molecule has 2 aliphatic carbocycles. The Morgan fingerprint density at radius 2 is 1.44 bits per heavy atom. The van der Waals surface area contributed by atoms with E-state index in [0.29, 0.717) is 11.1 Å². The normalized spacial score (nSPS) is 34.2. The maximum absolute atomic E-state index is 13.9. The molecule has 0 bridgehead atoms. The van der Waals surface area contributed by atoms with Crippen molar-refractivity contribution in [3.8, 4) is 0 Å². The van der Waals surface area contributed by atoms with E-state index in [4.69, 9.17) is 18.9 Å². The number of hydrogen-bond acceptors (Lipinski definition) is 10. The minimum absolute atomic E-state index is 0.0102. The third kappa shape index (κ3) is 7.60. The van der Waals surface area contributed by atoms with Gasteiger partial charge in [0.15, 0.2) is 24.1 Å². The van der Waals surface area contributed by atoms with Crippen LogP contribution in [0.2, 0.25) is 0 Å². The summed E-state index contributed by atoms with van der Waals surface area (Å²) in [5.41, 5.74) is -2.36. The van der Waals surface area contributed by atoms with E-state index in [-0.39, 0.29) is 6.42 Å². The van der Waals surface area contributed by atoms with Gasteiger partial charge in [0.1, 0.15) is 11.7 Å². The molecule has 234 valence electrons. The summed E-state index contributed by atoms with van der Waals surface area (Å²) < 4.78 is 23.0. The molecule has 1 N–H and O–H groups in total. The molecule has 10 heteroatoms. The van der Waals surface area contributed by atoms with E-state index in [2.05, 4.69) is 0 Å². The van der Waals surface area contributed by atoms with Crippen LogP contribution in [0.1, 0.15) is 72.2 Å². The quantitative estimate of drug-likeness (QED) is 0.298. The van der Waals surface area contributed by atoms with Gasteiger partial charge < -0.3 is 24.1 Å². The maximum atomic E-state index is 13.9. The maximum Gasteiger partial charge on any atom is 0.338 e. The highest BCUT2D eigenvalue weighted by atomic mass is 16.6. The Balaban J connectivity index is 2.26. The Morgan fingerprint density at radius 3 is 2.00 bits per heavy atom. The van der Waals surface area contributed by atoms with Crippen LogP contribution in [0.4, 0.5) is 0 Å². The summed E-state index contributed by atoms with van der Waals surface area (Å²) in [5, 5.41) is 12.1. The first-order valence-corrected chi connectivity index (χ1v) is 14.4. The molecule has 10 nitrogen and oxygen atoms in total. The van der Waals surface area contributed by atoms with Crippen LogP contribution in [-0.2, 0) is 38.1 Å². The van der Waals surface area contributed by atoms with Crippen molar-refractivity contribution in [1.29, 1.82) is 0 Å². The van der Waals surface area contributed by atoms with Crippen LogP contribution in [0, 0.1) is 23.2 Å². The Hall–Kier alpha value is -3.79. The number of hydrogen-bond donors (Lipinski definition) is 1. The summed E-state index contributed by atoms with van der Waals surface area (Å²) in [6.07, 6.45) is 0.162. The molecule has 1 saturated carbocycles. The minimum atomic E-state index is -1.94. The highest BCUT2D eigenvalue weighted by molar-refractivity contribution is 5.92. The van der Waals surface area contributed by atoms with Gasteiger partial charge in [-0.25, -0.2) is 4.79 Å². The predicted molar refractivity (Wildman–Crippen MR) is 155 cm³/mol. The van der Waals surface area contributed by atoms with Gasteiger partial charge in [-0.1, -0.05) is 64.1 Å². The summed E-state index contributed by atoms with van der Waals surface area (Å²) in [6.45, 7) is 12.1. The van der Waals surface area contributed by atoms with Crippen LogP contribution in [-0.4, -0.2) is 64.8 Å². The van der Waals surface area contributed by atoms with Gasteiger partial charge in [0.25, 0.3) is 0 Å². The zero-order chi connectivity index (χ0) is 32.3. The first kappa shape index (κ1) is 33.7. The van der Waals surface area contributed by atoms with E-state index in [1.165, 1.54) is 20.8 Å². The van der Waals surface area contributed by atoms with Gasteiger partial charge in [0, 0.05) is 32.1 Å². The monoisotopic (exact) mass is 598 g/mol. The summed E-state index contributed by atoms with van der Waals surface area (Å²) in [6, 6.07) is 8.36. The lowest BCUT2D eigenvalue weighted by Gasteiger charge is -2.40. The molecular weight excluding hydrogens is 556 g/mol. The minimum Gasteiger partial charge on any atom is -0.458 e. The first-order chi connectivity index (χ1) is 20.0. The van der Waals surface area contributed by atoms with E-state index in [0.717, 1.165) is 0 Å². The van der Waals surface area contributed by atoms with Crippen molar-refractivity contribution in [3.63, 3.8) is 0 Å². The summed E-state index contributed by atoms with van der Waals surface area (Å²) in [5.74, 6) is -5.44. The molecule has 0 spiro atoms. The summed E-state index contributed by atoms with van der Waals surface area (Å²) in [7, 11) is 0. The van der Waals surface area contributed by atoms with Gasteiger partial charge >= 0.3 is 23.9 Å². The smallest absolute Gasteiger partial charge is 0.338 e. The fourth-order valence-electron chi connectivity index (χ4n) is 6.06. The Bertz CT molecular complexity index is 1300. The Kier molecular flexibility index (Phi) is 10.4. The lowest BCUT2D eigenvalue weighted by atomic mass is 9.75. The molecule has 0 saturated heterocycles. The number of carbonyl (C=O) groups excluding carboxylic acids is 5. The fraction of sp³-hybridized carbons (Fsp3) is 0.545. The van der Waals surface area contributed by atoms with Gasteiger partial charge in [-0.3, -0.25) is 19.2 Å². The molecule has 0 aromatic heterocycles.